The van der Waals surface area contributed by atoms with Crippen molar-refractivity contribution in [3.63, 3.8) is 0 Å². The minimum atomic E-state index is 0.270. The van der Waals surface area contributed by atoms with Gasteiger partial charge < -0.3 is 4.90 Å². The summed E-state index contributed by atoms with van der Waals surface area (Å²) in [5, 5.41) is 0. The molecule has 0 bridgehead atoms. The number of benzene rings is 1. The summed E-state index contributed by atoms with van der Waals surface area (Å²) < 4.78 is 0. The maximum absolute atomic E-state index is 12.0. The van der Waals surface area contributed by atoms with Crippen molar-refractivity contribution in [2.24, 2.45) is 0 Å². The number of thioether (sulfide) groups is 1. The molecule has 1 aromatic carbocycles. The van der Waals surface area contributed by atoms with Gasteiger partial charge in [0.1, 0.15) is 0 Å². The van der Waals surface area contributed by atoms with E-state index in [0.29, 0.717) is 5.75 Å². The first kappa shape index (κ1) is 19.1. The van der Waals surface area contributed by atoms with Gasteiger partial charge in [0.15, 0.2) is 0 Å². The molecular weight excluding hydrogens is 290 g/mol. The minimum absolute atomic E-state index is 0.270. The number of aryl methyl sites for hydroxylation is 1. The Morgan fingerprint density at radius 3 is 2.45 bits per heavy atom. The number of unbranched alkanes of at least 4 members (excludes halogenated alkanes) is 5. The van der Waals surface area contributed by atoms with E-state index in [4.69, 9.17) is 0 Å². The monoisotopic (exact) mass is 321 g/mol. The van der Waals surface area contributed by atoms with Crippen molar-refractivity contribution in [1.82, 2.24) is 4.90 Å². The summed E-state index contributed by atoms with van der Waals surface area (Å²) in [6, 6.07) is 10.5. The predicted molar refractivity (Wildman–Crippen MR) is 98.5 cm³/mol. The van der Waals surface area contributed by atoms with Gasteiger partial charge in [0.05, 0.1) is 5.75 Å². The van der Waals surface area contributed by atoms with Crippen LogP contribution in [0.15, 0.2) is 30.3 Å². The first-order chi connectivity index (χ1) is 10.7. The number of carbonyl (C=O) groups excluding carboxylic acids is 1. The average Bonchev–Trinajstić information content (AvgIpc) is 2.55. The highest BCUT2D eigenvalue weighted by Crippen LogP contribution is 2.09. The first-order valence-electron chi connectivity index (χ1n) is 8.59. The topological polar surface area (TPSA) is 20.3 Å². The lowest BCUT2D eigenvalue weighted by Gasteiger charge is -2.16. The zero-order chi connectivity index (χ0) is 16.0. The van der Waals surface area contributed by atoms with Crippen molar-refractivity contribution < 1.29 is 4.79 Å². The Morgan fingerprint density at radius 1 is 1.05 bits per heavy atom. The van der Waals surface area contributed by atoms with E-state index in [2.05, 4.69) is 31.2 Å². The molecule has 1 aromatic rings. The quantitative estimate of drug-likeness (QED) is 0.516. The van der Waals surface area contributed by atoms with Gasteiger partial charge >= 0.3 is 0 Å². The third-order valence-corrected chi connectivity index (χ3v) is 4.82. The third-order valence-electron chi connectivity index (χ3n) is 3.88. The molecule has 0 saturated heterocycles. The van der Waals surface area contributed by atoms with E-state index in [-0.39, 0.29) is 5.91 Å². The predicted octanol–water partition coefficient (Wildman–Crippen LogP) is 4.78. The Bertz CT molecular complexity index is 394. The molecule has 0 aliphatic carbocycles. The van der Waals surface area contributed by atoms with Crippen LogP contribution in [0.5, 0.6) is 0 Å². The van der Waals surface area contributed by atoms with Gasteiger partial charge in [-0.25, -0.2) is 0 Å². The van der Waals surface area contributed by atoms with Crippen LogP contribution in [0.1, 0.15) is 51.0 Å². The number of hydrogen-bond donors (Lipinski definition) is 0. The Morgan fingerprint density at radius 2 is 1.73 bits per heavy atom. The maximum Gasteiger partial charge on any atom is 0.232 e. The number of amides is 1. The van der Waals surface area contributed by atoms with Crippen molar-refractivity contribution in [2.45, 2.75) is 51.9 Å². The molecule has 0 atom stereocenters. The van der Waals surface area contributed by atoms with Gasteiger partial charge in [0.25, 0.3) is 0 Å². The molecule has 0 saturated carbocycles. The molecule has 1 amide bonds. The van der Waals surface area contributed by atoms with Crippen LogP contribution in [0.3, 0.4) is 0 Å². The van der Waals surface area contributed by atoms with Crippen LogP contribution in [0.4, 0.5) is 0 Å². The zero-order valence-corrected chi connectivity index (χ0v) is 15.0. The second-order valence-electron chi connectivity index (χ2n) is 5.87. The molecule has 3 heteroatoms. The Balaban J connectivity index is 2.01. The van der Waals surface area contributed by atoms with Crippen LogP contribution in [0.2, 0.25) is 0 Å². The first-order valence-corrected chi connectivity index (χ1v) is 9.75. The van der Waals surface area contributed by atoms with Crippen LogP contribution in [0.25, 0.3) is 0 Å². The molecule has 0 heterocycles. The van der Waals surface area contributed by atoms with E-state index in [1.165, 1.54) is 37.7 Å². The van der Waals surface area contributed by atoms with Gasteiger partial charge in [-0.1, -0.05) is 69.4 Å². The molecule has 0 N–H and O–H groups in total. The summed E-state index contributed by atoms with van der Waals surface area (Å²) >= 11 is 1.74. The van der Waals surface area contributed by atoms with Gasteiger partial charge in [-0.15, -0.1) is 0 Å². The highest BCUT2D eigenvalue weighted by atomic mass is 32.2. The van der Waals surface area contributed by atoms with Crippen molar-refractivity contribution in [2.75, 3.05) is 25.1 Å². The minimum Gasteiger partial charge on any atom is -0.345 e. The normalized spacial score (nSPS) is 10.6. The average molecular weight is 322 g/mol. The molecule has 2 nitrogen and oxygen atoms in total. The van der Waals surface area contributed by atoms with Crippen molar-refractivity contribution in [3.05, 3.63) is 35.9 Å². The highest BCUT2D eigenvalue weighted by molar-refractivity contribution is 7.99. The second-order valence-corrected chi connectivity index (χ2v) is 6.98. The molecule has 0 aliphatic rings. The van der Waals surface area contributed by atoms with E-state index in [1.54, 1.807) is 11.8 Å². The van der Waals surface area contributed by atoms with Gasteiger partial charge in [-0.2, -0.15) is 11.8 Å². The van der Waals surface area contributed by atoms with Gasteiger partial charge in [-0.05, 0) is 24.2 Å². The summed E-state index contributed by atoms with van der Waals surface area (Å²) in [7, 11) is 1.94. The molecule has 0 aromatic heterocycles. The standard InChI is InChI=1S/C19H31NOS/c1-3-4-5-6-7-11-15-20(2)19(21)17-22-16-14-18-12-9-8-10-13-18/h8-10,12-13H,3-7,11,14-17H2,1-2H3. The summed E-state index contributed by atoms with van der Waals surface area (Å²) in [6.07, 6.45) is 8.70. The van der Waals surface area contributed by atoms with Gasteiger partial charge in [0.2, 0.25) is 5.91 Å². The van der Waals surface area contributed by atoms with E-state index in [0.717, 1.165) is 25.1 Å². The molecule has 0 aliphatic heterocycles. The summed E-state index contributed by atoms with van der Waals surface area (Å²) in [4.78, 5) is 13.9. The number of nitrogens with zero attached hydrogens (tertiary/aromatic N) is 1. The number of hydrogen-bond acceptors (Lipinski definition) is 2. The molecule has 0 radical (unpaired) electrons. The van der Waals surface area contributed by atoms with E-state index in [1.807, 2.05) is 18.0 Å². The lowest BCUT2D eigenvalue weighted by atomic mass is 10.1. The van der Waals surface area contributed by atoms with Crippen LogP contribution >= 0.6 is 11.8 Å². The largest absolute Gasteiger partial charge is 0.345 e. The molecular formula is C19H31NOS. The van der Waals surface area contributed by atoms with Gasteiger partial charge in [-0.3, -0.25) is 4.79 Å². The maximum atomic E-state index is 12.0. The van der Waals surface area contributed by atoms with E-state index in [9.17, 15) is 4.79 Å². The molecule has 1 rings (SSSR count). The SMILES string of the molecule is CCCCCCCCN(C)C(=O)CSCCc1ccccc1. The Kier molecular flexibility index (Phi) is 10.9. The number of rotatable bonds is 12. The van der Waals surface area contributed by atoms with Crippen LogP contribution in [-0.4, -0.2) is 35.9 Å². The molecule has 0 unspecified atom stereocenters. The smallest absolute Gasteiger partial charge is 0.232 e. The van der Waals surface area contributed by atoms with Crippen LogP contribution in [0, 0.1) is 0 Å². The lowest BCUT2D eigenvalue weighted by Crippen LogP contribution is -2.29. The van der Waals surface area contributed by atoms with Crippen molar-refractivity contribution in [3.8, 4) is 0 Å². The highest BCUT2D eigenvalue weighted by Gasteiger charge is 2.08. The lowest BCUT2D eigenvalue weighted by molar-refractivity contribution is -0.127. The van der Waals surface area contributed by atoms with E-state index < -0.39 is 0 Å². The second kappa shape index (κ2) is 12.6. The molecule has 124 valence electrons. The zero-order valence-electron chi connectivity index (χ0n) is 14.2. The fourth-order valence-electron chi connectivity index (χ4n) is 2.36. The summed E-state index contributed by atoms with van der Waals surface area (Å²) in [5.74, 6) is 1.89. The van der Waals surface area contributed by atoms with Crippen LogP contribution in [-0.2, 0) is 11.2 Å². The molecule has 22 heavy (non-hydrogen) atoms. The van der Waals surface area contributed by atoms with Gasteiger partial charge in [0, 0.05) is 13.6 Å². The Hall–Kier alpha value is -0.960. The number of carbonyl (C=O) groups is 1. The summed E-state index contributed by atoms with van der Waals surface area (Å²) in [5.41, 5.74) is 1.35. The summed E-state index contributed by atoms with van der Waals surface area (Å²) in [6.45, 7) is 3.14. The van der Waals surface area contributed by atoms with Crippen molar-refractivity contribution >= 4 is 17.7 Å². The Labute approximate surface area is 140 Å². The molecule has 0 fully saturated rings. The van der Waals surface area contributed by atoms with E-state index >= 15 is 0 Å². The fraction of sp³-hybridized carbons (Fsp3) is 0.632. The molecule has 0 spiro atoms. The van der Waals surface area contributed by atoms with Crippen molar-refractivity contribution in [1.29, 1.82) is 0 Å². The fourth-order valence-corrected chi connectivity index (χ4v) is 3.28. The van der Waals surface area contributed by atoms with Crippen LogP contribution < -0.4 is 0 Å². The third kappa shape index (κ3) is 9.14.